The molecule has 0 aliphatic carbocycles. The van der Waals surface area contributed by atoms with Crippen LogP contribution in [0.25, 0.3) is 0 Å². The summed E-state index contributed by atoms with van der Waals surface area (Å²) in [6, 6.07) is 9.87. The lowest BCUT2D eigenvalue weighted by Gasteiger charge is -2.19. The molecule has 0 fully saturated rings. The zero-order valence-electron chi connectivity index (χ0n) is 17.0. The molecule has 0 unspecified atom stereocenters. The van der Waals surface area contributed by atoms with Gasteiger partial charge in [0.25, 0.3) is 0 Å². The molecule has 0 aliphatic rings. The summed E-state index contributed by atoms with van der Waals surface area (Å²) in [5, 5.41) is 6.18. The second-order valence-electron chi connectivity index (χ2n) is 6.34. The number of hydrogen-bond acceptors (Lipinski definition) is 5. The molecule has 0 radical (unpaired) electrons. The predicted molar refractivity (Wildman–Crippen MR) is 116 cm³/mol. The van der Waals surface area contributed by atoms with Gasteiger partial charge in [-0.3, -0.25) is 4.79 Å². The SMILES string of the molecule is CCN(CC)S(=O)(=O)c1ccc(OC)c(NC(=O)CNc2ccc(C)cc2Cl)c1. The van der Waals surface area contributed by atoms with E-state index in [0.29, 0.717) is 29.5 Å². The van der Waals surface area contributed by atoms with Gasteiger partial charge in [-0.25, -0.2) is 8.42 Å². The molecule has 158 valence electrons. The number of rotatable bonds is 9. The minimum Gasteiger partial charge on any atom is -0.495 e. The molecule has 0 aromatic heterocycles. The largest absolute Gasteiger partial charge is 0.495 e. The minimum absolute atomic E-state index is 0.0427. The minimum atomic E-state index is -3.66. The first kappa shape index (κ1) is 23.0. The fourth-order valence-electron chi connectivity index (χ4n) is 2.79. The third-order valence-electron chi connectivity index (χ3n) is 4.35. The van der Waals surface area contributed by atoms with Gasteiger partial charge in [0.15, 0.2) is 0 Å². The van der Waals surface area contributed by atoms with Crippen LogP contribution in [-0.4, -0.2) is 45.4 Å². The number of amides is 1. The van der Waals surface area contributed by atoms with Crippen LogP contribution in [0, 0.1) is 6.92 Å². The summed E-state index contributed by atoms with van der Waals surface area (Å²) in [5.74, 6) is 0.00236. The van der Waals surface area contributed by atoms with Crippen LogP contribution < -0.4 is 15.4 Å². The molecule has 2 N–H and O–H groups in total. The van der Waals surface area contributed by atoms with E-state index < -0.39 is 10.0 Å². The van der Waals surface area contributed by atoms with Crippen molar-refractivity contribution in [2.45, 2.75) is 25.7 Å². The van der Waals surface area contributed by atoms with E-state index in [2.05, 4.69) is 10.6 Å². The van der Waals surface area contributed by atoms with Crippen molar-refractivity contribution in [3.05, 3.63) is 47.0 Å². The zero-order valence-corrected chi connectivity index (χ0v) is 18.5. The van der Waals surface area contributed by atoms with Crippen LogP contribution in [0.15, 0.2) is 41.3 Å². The quantitative estimate of drug-likeness (QED) is 0.621. The standard InChI is InChI=1S/C20H26ClN3O4S/c1-5-24(6-2)29(26,27)15-8-10-19(28-4)18(12-15)23-20(25)13-22-17-9-7-14(3)11-16(17)21/h7-12,22H,5-6,13H2,1-4H3,(H,23,25). The highest BCUT2D eigenvalue weighted by Crippen LogP contribution is 2.29. The van der Waals surface area contributed by atoms with E-state index in [-0.39, 0.29) is 23.0 Å². The van der Waals surface area contributed by atoms with E-state index in [0.717, 1.165) is 5.56 Å². The summed E-state index contributed by atoms with van der Waals surface area (Å²) in [7, 11) is -2.20. The molecule has 0 bridgehead atoms. The Labute approximate surface area is 177 Å². The van der Waals surface area contributed by atoms with E-state index in [1.165, 1.54) is 29.6 Å². The number of sulfonamides is 1. The van der Waals surface area contributed by atoms with Gasteiger partial charge in [-0.2, -0.15) is 4.31 Å². The van der Waals surface area contributed by atoms with Gasteiger partial charge in [0.2, 0.25) is 15.9 Å². The summed E-state index contributed by atoms with van der Waals surface area (Å²) < 4.78 is 32.1. The van der Waals surface area contributed by atoms with Crippen LogP contribution >= 0.6 is 11.6 Å². The summed E-state index contributed by atoms with van der Waals surface area (Å²) in [5.41, 5.74) is 1.93. The molecule has 9 heteroatoms. The molecule has 29 heavy (non-hydrogen) atoms. The summed E-state index contributed by atoms with van der Waals surface area (Å²) in [4.78, 5) is 12.5. The Balaban J connectivity index is 2.19. The monoisotopic (exact) mass is 439 g/mol. The number of benzene rings is 2. The fraction of sp³-hybridized carbons (Fsp3) is 0.350. The molecular weight excluding hydrogens is 414 g/mol. The van der Waals surface area contributed by atoms with E-state index in [1.807, 2.05) is 13.0 Å². The highest BCUT2D eigenvalue weighted by molar-refractivity contribution is 7.89. The third kappa shape index (κ3) is 5.62. The summed E-state index contributed by atoms with van der Waals surface area (Å²) in [6.07, 6.45) is 0. The fourth-order valence-corrected chi connectivity index (χ4v) is 4.58. The van der Waals surface area contributed by atoms with Crippen LogP contribution in [-0.2, 0) is 14.8 Å². The third-order valence-corrected chi connectivity index (χ3v) is 6.71. The Kier molecular flexibility index (Phi) is 7.89. The number of halogens is 1. The van der Waals surface area contributed by atoms with Gasteiger partial charge in [-0.05, 0) is 42.8 Å². The van der Waals surface area contributed by atoms with Crippen LogP contribution in [0.1, 0.15) is 19.4 Å². The van der Waals surface area contributed by atoms with Gasteiger partial charge >= 0.3 is 0 Å². The lowest BCUT2D eigenvalue weighted by molar-refractivity contribution is -0.114. The van der Waals surface area contributed by atoms with E-state index in [4.69, 9.17) is 16.3 Å². The number of hydrogen-bond donors (Lipinski definition) is 2. The molecule has 2 rings (SSSR count). The second kappa shape index (κ2) is 9.96. The molecular formula is C20H26ClN3O4S. The zero-order chi connectivity index (χ0) is 21.6. The molecule has 0 heterocycles. The number of aryl methyl sites for hydroxylation is 1. The summed E-state index contributed by atoms with van der Waals surface area (Å²) >= 11 is 6.16. The average Bonchev–Trinajstić information content (AvgIpc) is 2.68. The van der Waals surface area contributed by atoms with Crippen LogP contribution in [0.5, 0.6) is 5.75 Å². The smallest absolute Gasteiger partial charge is 0.243 e. The van der Waals surface area contributed by atoms with Gasteiger partial charge in [0, 0.05) is 13.1 Å². The Morgan fingerprint density at radius 2 is 1.79 bits per heavy atom. The molecule has 7 nitrogen and oxygen atoms in total. The van der Waals surface area contributed by atoms with Crippen molar-refractivity contribution in [1.82, 2.24) is 4.31 Å². The lowest BCUT2D eigenvalue weighted by Crippen LogP contribution is -2.30. The van der Waals surface area contributed by atoms with E-state index in [9.17, 15) is 13.2 Å². The number of nitrogens with one attached hydrogen (secondary N) is 2. The molecule has 0 aliphatic heterocycles. The van der Waals surface area contributed by atoms with Crippen LogP contribution in [0.3, 0.4) is 0 Å². The predicted octanol–water partition coefficient (Wildman–Crippen LogP) is 3.74. The maximum Gasteiger partial charge on any atom is 0.243 e. The first-order chi connectivity index (χ1) is 13.7. The maximum absolute atomic E-state index is 12.8. The molecule has 0 saturated heterocycles. The van der Waals surface area contributed by atoms with Crippen molar-refractivity contribution < 1.29 is 17.9 Å². The normalized spacial score (nSPS) is 11.4. The Bertz CT molecular complexity index is 976. The van der Waals surface area contributed by atoms with Crippen molar-refractivity contribution >= 4 is 38.9 Å². The molecule has 0 atom stereocenters. The number of carbonyl (C=O) groups is 1. The van der Waals surface area contributed by atoms with Gasteiger partial charge in [0.05, 0.1) is 34.9 Å². The van der Waals surface area contributed by atoms with Crippen LogP contribution in [0.2, 0.25) is 5.02 Å². The maximum atomic E-state index is 12.8. The first-order valence-electron chi connectivity index (χ1n) is 9.21. The lowest BCUT2D eigenvalue weighted by atomic mass is 10.2. The second-order valence-corrected chi connectivity index (χ2v) is 8.68. The molecule has 2 aromatic carbocycles. The molecule has 2 aromatic rings. The number of ether oxygens (including phenoxy) is 1. The van der Waals surface area contributed by atoms with Gasteiger partial charge < -0.3 is 15.4 Å². The van der Waals surface area contributed by atoms with Crippen LogP contribution in [0.4, 0.5) is 11.4 Å². The Morgan fingerprint density at radius 1 is 1.10 bits per heavy atom. The van der Waals surface area contributed by atoms with E-state index >= 15 is 0 Å². The van der Waals surface area contributed by atoms with Crippen molar-refractivity contribution in [2.75, 3.05) is 37.4 Å². The summed E-state index contributed by atoms with van der Waals surface area (Å²) in [6.45, 7) is 6.14. The van der Waals surface area contributed by atoms with Crippen molar-refractivity contribution in [3.63, 3.8) is 0 Å². The highest BCUT2D eigenvalue weighted by Gasteiger charge is 2.23. The average molecular weight is 440 g/mol. The van der Waals surface area contributed by atoms with Crippen molar-refractivity contribution in [3.8, 4) is 5.75 Å². The highest BCUT2D eigenvalue weighted by atomic mass is 35.5. The number of nitrogens with zero attached hydrogens (tertiary/aromatic N) is 1. The van der Waals surface area contributed by atoms with Gasteiger partial charge in [0.1, 0.15) is 5.75 Å². The number of carbonyl (C=O) groups excluding carboxylic acids is 1. The topological polar surface area (TPSA) is 87.7 Å². The number of methoxy groups -OCH3 is 1. The molecule has 0 spiro atoms. The number of anilines is 2. The van der Waals surface area contributed by atoms with E-state index in [1.54, 1.807) is 26.0 Å². The van der Waals surface area contributed by atoms with Crippen molar-refractivity contribution in [2.24, 2.45) is 0 Å². The first-order valence-corrected chi connectivity index (χ1v) is 11.0. The Morgan fingerprint density at radius 3 is 2.38 bits per heavy atom. The van der Waals surface area contributed by atoms with Crippen molar-refractivity contribution in [1.29, 1.82) is 0 Å². The molecule has 0 saturated carbocycles. The molecule has 1 amide bonds. The Hall–Kier alpha value is -2.29. The van der Waals surface area contributed by atoms with Gasteiger partial charge in [-0.15, -0.1) is 0 Å². The van der Waals surface area contributed by atoms with Gasteiger partial charge in [-0.1, -0.05) is 31.5 Å².